The molecule has 0 fully saturated rings. The van der Waals surface area contributed by atoms with Crippen LogP contribution in [0.25, 0.3) is 114 Å². The molecule has 3 aromatic heterocycles. The molecule has 13 rings (SSSR count). The fraction of sp³-hybridized carbons (Fsp3) is 0.0566. The summed E-state index contributed by atoms with van der Waals surface area (Å²) in [6.45, 7) is 4.75. The fourth-order valence-corrected chi connectivity index (χ4v) is 11.3. The molecular formula is C53H33N3S. The molecule has 0 N–H and O–H groups in total. The van der Waals surface area contributed by atoms with Gasteiger partial charge in [-0.1, -0.05) is 141 Å². The number of thiophene rings is 1. The topological polar surface area (TPSA) is 30.7 Å². The Labute approximate surface area is 332 Å². The lowest BCUT2D eigenvalue weighted by molar-refractivity contribution is 0.666. The summed E-state index contributed by atoms with van der Waals surface area (Å²) in [5.41, 5.74) is 10.5. The third-order valence-corrected chi connectivity index (χ3v) is 13.9. The summed E-state index contributed by atoms with van der Waals surface area (Å²) in [4.78, 5) is 11.4. The maximum Gasteiger partial charge on any atom is 0.235 e. The molecule has 0 saturated heterocycles. The Bertz CT molecular complexity index is 3730. The van der Waals surface area contributed by atoms with Crippen LogP contribution in [0, 0.1) is 0 Å². The van der Waals surface area contributed by atoms with Gasteiger partial charge in [-0.15, -0.1) is 11.3 Å². The molecular weight excluding hydrogens is 711 g/mol. The lowest BCUT2D eigenvalue weighted by Gasteiger charge is -2.23. The zero-order valence-electron chi connectivity index (χ0n) is 31.3. The van der Waals surface area contributed by atoms with Crippen LogP contribution < -0.4 is 0 Å². The molecule has 0 aliphatic heterocycles. The van der Waals surface area contributed by atoms with Crippen LogP contribution in [0.4, 0.5) is 0 Å². The Hall–Kier alpha value is -6.88. The second-order valence-corrected chi connectivity index (χ2v) is 17.2. The van der Waals surface area contributed by atoms with E-state index in [1.807, 2.05) is 11.3 Å². The number of fused-ring (bicyclic) bond motifs is 17. The number of hydrogen-bond acceptors (Lipinski definition) is 3. The van der Waals surface area contributed by atoms with Gasteiger partial charge < -0.3 is 0 Å². The van der Waals surface area contributed by atoms with Crippen molar-refractivity contribution < 1.29 is 0 Å². The monoisotopic (exact) mass is 743 g/mol. The minimum atomic E-state index is -0.146. The van der Waals surface area contributed by atoms with E-state index < -0.39 is 0 Å². The van der Waals surface area contributed by atoms with E-state index >= 15 is 0 Å². The smallest absolute Gasteiger partial charge is 0.235 e. The van der Waals surface area contributed by atoms with Gasteiger partial charge in [0.15, 0.2) is 0 Å². The second-order valence-electron chi connectivity index (χ2n) is 16.1. The van der Waals surface area contributed by atoms with Gasteiger partial charge in [-0.2, -0.15) is 0 Å². The lowest BCUT2D eigenvalue weighted by atomic mass is 9.80. The Kier molecular flexibility index (Phi) is 6.12. The Morgan fingerprint density at radius 2 is 1.16 bits per heavy atom. The molecule has 1 aliphatic carbocycles. The molecule has 0 unspecified atom stereocenters. The minimum Gasteiger partial charge on any atom is -0.278 e. The van der Waals surface area contributed by atoms with Crippen molar-refractivity contribution in [1.82, 2.24) is 14.5 Å². The van der Waals surface area contributed by atoms with E-state index in [0.717, 1.165) is 44.0 Å². The molecule has 0 atom stereocenters. The van der Waals surface area contributed by atoms with Gasteiger partial charge in [-0.3, -0.25) is 4.57 Å². The standard InChI is InChI=1S/C53H33N3S/c1-53(2)43-20-10-7-15-34(43)38-25-23-30-27-41-35-16-8-11-21-44(35)56(45(41)29-40(30)49(38)53)52-54-50(31-24-26-47-42(28-31)36-17-9-12-22-46(36)57-47)48-37-18-5-3-13-32(37)33-14-4-6-19-39(33)51(48)55-52/h3-29H,1-2H3. The van der Waals surface area contributed by atoms with Crippen LogP contribution in [0.3, 0.4) is 0 Å². The van der Waals surface area contributed by atoms with Gasteiger partial charge in [0.25, 0.3) is 0 Å². The van der Waals surface area contributed by atoms with Crippen LogP contribution in [0.5, 0.6) is 0 Å². The van der Waals surface area contributed by atoms with Crippen molar-refractivity contribution in [3.63, 3.8) is 0 Å². The third-order valence-electron chi connectivity index (χ3n) is 12.7. The highest BCUT2D eigenvalue weighted by atomic mass is 32.1. The first-order chi connectivity index (χ1) is 28.0. The summed E-state index contributed by atoms with van der Waals surface area (Å²) in [5.74, 6) is 0.675. The molecule has 0 radical (unpaired) electrons. The summed E-state index contributed by atoms with van der Waals surface area (Å²) in [7, 11) is 0. The first-order valence-corrected chi connectivity index (χ1v) is 20.5. The minimum absolute atomic E-state index is 0.146. The van der Waals surface area contributed by atoms with E-state index in [-0.39, 0.29) is 5.41 Å². The molecule has 0 saturated carbocycles. The predicted molar refractivity (Wildman–Crippen MR) is 242 cm³/mol. The van der Waals surface area contributed by atoms with E-state index in [1.165, 1.54) is 74.7 Å². The molecule has 3 nitrogen and oxygen atoms in total. The van der Waals surface area contributed by atoms with Crippen LogP contribution in [0.15, 0.2) is 164 Å². The molecule has 9 aromatic carbocycles. The van der Waals surface area contributed by atoms with Crippen LogP contribution in [0.2, 0.25) is 0 Å². The summed E-state index contributed by atoms with van der Waals surface area (Å²) < 4.78 is 4.90. The van der Waals surface area contributed by atoms with Gasteiger partial charge in [0, 0.05) is 52.7 Å². The molecule has 0 bridgehead atoms. The first-order valence-electron chi connectivity index (χ1n) is 19.7. The van der Waals surface area contributed by atoms with E-state index in [2.05, 4.69) is 182 Å². The number of rotatable bonds is 2. The van der Waals surface area contributed by atoms with Crippen LogP contribution in [-0.2, 0) is 5.41 Å². The van der Waals surface area contributed by atoms with Crippen molar-refractivity contribution in [3.05, 3.63) is 175 Å². The van der Waals surface area contributed by atoms with Crippen molar-refractivity contribution in [1.29, 1.82) is 0 Å². The average molecular weight is 744 g/mol. The van der Waals surface area contributed by atoms with E-state index in [0.29, 0.717) is 5.95 Å². The number of aromatic nitrogens is 3. The maximum atomic E-state index is 5.71. The summed E-state index contributed by atoms with van der Waals surface area (Å²) >= 11 is 1.85. The van der Waals surface area contributed by atoms with Crippen molar-refractivity contribution in [3.8, 4) is 28.3 Å². The van der Waals surface area contributed by atoms with Gasteiger partial charge in [-0.05, 0) is 85.6 Å². The van der Waals surface area contributed by atoms with Gasteiger partial charge in [0.05, 0.1) is 22.2 Å². The van der Waals surface area contributed by atoms with Gasteiger partial charge in [0.2, 0.25) is 5.95 Å². The quantitative estimate of drug-likeness (QED) is 0.165. The molecule has 1 aliphatic rings. The molecule has 0 amide bonds. The Balaban J connectivity index is 1.19. The average Bonchev–Trinajstić information content (AvgIpc) is 3.87. The SMILES string of the molecule is CC1(C)c2ccccc2-c2ccc3cc4c5ccccc5n(-c5nc(-c6ccc7sc8ccccc8c7c6)c6c7ccccc7c7ccccc7c6n5)c4cc3c21. The molecule has 266 valence electrons. The van der Waals surface area contributed by atoms with Gasteiger partial charge in [-0.25, -0.2) is 9.97 Å². The highest BCUT2D eigenvalue weighted by Crippen LogP contribution is 2.52. The number of benzene rings is 9. The van der Waals surface area contributed by atoms with E-state index in [1.54, 1.807) is 0 Å². The summed E-state index contributed by atoms with van der Waals surface area (Å²) in [5, 5.41) is 13.2. The number of nitrogens with zero attached hydrogens (tertiary/aromatic N) is 3. The van der Waals surface area contributed by atoms with Crippen molar-refractivity contribution in [2.75, 3.05) is 0 Å². The molecule has 12 aromatic rings. The van der Waals surface area contributed by atoms with Crippen molar-refractivity contribution >= 4 is 96.5 Å². The first kappa shape index (κ1) is 31.3. The maximum absolute atomic E-state index is 5.71. The largest absolute Gasteiger partial charge is 0.278 e. The second kappa shape index (κ2) is 11.1. The third kappa shape index (κ3) is 4.15. The molecule has 0 spiro atoms. The molecule has 4 heteroatoms. The fourth-order valence-electron chi connectivity index (χ4n) is 10.2. The number of para-hydroxylation sites is 1. The molecule has 3 heterocycles. The van der Waals surface area contributed by atoms with Crippen LogP contribution in [-0.4, -0.2) is 14.5 Å². The summed E-state index contributed by atoms with van der Waals surface area (Å²) in [6.07, 6.45) is 0. The zero-order valence-corrected chi connectivity index (χ0v) is 32.2. The lowest BCUT2D eigenvalue weighted by Crippen LogP contribution is -2.15. The van der Waals surface area contributed by atoms with Crippen LogP contribution in [0.1, 0.15) is 25.0 Å². The van der Waals surface area contributed by atoms with E-state index in [4.69, 9.17) is 9.97 Å². The highest BCUT2D eigenvalue weighted by Gasteiger charge is 2.37. The summed E-state index contributed by atoms with van der Waals surface area (Å²) in [6, 6.07) is 60.2. The Morgan fingerprint density at radius 3 is 2.02 bits per heavy atom. The molecule has 57 heavy (non-hydrogen) atoms. The highest BCUT2D eigenvalue weighted by molar-refractivity contribution is 7.25. The van der Waals surface area contributed by atoms with Crippen molar-refractivity contribution in [2.24, 2.45) is 0 Å². The van der Waals surface area contributed by atoms with Gasteiger partial charge >= 0.3 is 0 Å². The number of hydrogen-bond donors (Lipinski definition) is 0. The van der Waals surface area contributed by atoms with Gasteiger partial charge in [0.1, 0.15) is 0 Å². The van der Waals surface area contributed by atoms with E-state index in [9.17, 15) is 0 Å². The Morgan fingerprint density at radius 1 is 0.474 bits per heavy atom. The van der Waals surface area contributed by atoms with Crippen molar-refractivity contribution in [2.45, 2.75) is 19.3 Å². The normalized spacial score (nSPS) is 13.6. The van der Waals surface area contributed by atoms with Crippen LogP contribution >= 0.6 is 11.3 Å². The zero-order chi connectivity index (χ0) is 37.6. The predicted octanol–water partition coefficient (Wildman–Crippen LogP) is 14.5.